The molecule has 3 amide bonds. The maximum absolute atomic E-state index is 12.8. The first-order valence-corrected chi connectivity index (χ1v) is 9.48. The van der Waals surface area contributed by atoms with E-state index in [1.54, 1.807) is 18.2 Å². The van der Waals surface area contributed by atoms with Gasteiger partial charge in [-0.25, -0.2) is 9.59 Å². The molecule has 0 saturated heterocycles. The SMILES string of the molecule is COC(=O)c1ccc(NC(=O)N(S)[C@@H](C(=O)Nc2ccccc2C)C(C)C)cc1. The van der Waals surface area contributed by atoms with Crippen LogP contribution in [0, 0.1) is 12.8 Å². The van der Waals surface area contributed by atoms with Gasteiger partial charge in [0.05, 0.1) is 12.7 Å². The molecule has 2 aromatic rings. The zero-order chi connectivity index (χ0) is 21.6. The number of carbonyl (C=O) groups is 3. The van der Waals surface area contributed by atoms with Gasteiger partial charge in [0.25, 0.3) is 0 Å². The summed E-state index contributed by atoms with van der Waals surface area (Å²) in [5.74, 6) is -0.976. The lowest BCUT2D eigenvalue weighted by Crippen LogP contribution is -2.47. The molecule has 0 unspecified atom stereocenters. The van der Waals surface area contributed by atoms with Gasteiger partial charge < -0.3 is 15.4 Å². The van der Waals surface area contributed by atoms with E-state index in [0.717, 1.165) is 9.87 Å². The first kappa shape index (κ1) is 22.3. The van der Waals surface area contributed by atoms with Crippen LogP contribution in [0.2, 0.25) is 0 Å². The van der Waals surface area contributed by atoms with Crippen LogP contribution in [0.25, 0.3) is 0 Å². The smallest absolute Gasteiger partial charge is 0.337 e. The van der Waals surface area contributed by atoms with Crippen molar-refractivity contribution in [3.8, 4) is 0 Å². The van der Waals surface area contributed by atoms with Gasteiger partial charge in [0.1, 0.15) is 6.04 Å². The van der Waals surface area contributed by atoms with Gasteiger partial charge in [-0.1, -0.05) is 44.9 Å². The molecule has 0 aromatic heterocycles. The van der Waals surface area contributed by atoms with Crippen LogP contribution in [-0.4, -0.2) is 35.4 Å². The molecule has 0 saturated carbocycles. The van der Waals surface area contributed by atoms with Crippen molar-refractivity contribution in [3.05, 3.63) is 59.7 Å². The van der Waals surface area contributed by atoms with Gasteiger partial charge in [-0.2, -0.15) is 0 Å². The van der Waals surface area contributed by atoms with Crippen LogP contribution < -0.4 is 10.6 Å². The first-order chi connectivity index (χ1) is 13.7. The number of amides is 3. The standard InChI is InChI=1S/C21H25N3O4S/c1-13(2)18(19(25)23-17-8-6-5-7-14(17)3)24(29)21(27)22-16-11-9-15(10-12-16)20(26)28-4/h5-13,18,29H,1-4H3,(H,22,27)(H,23,25)/t18-/m1/s1. The third kappa shape index (κ3) is 5.74. The summed E-state index contributed by atoms with van der Waals surface area (Å²) in [5.41, 5.74) is 2.43. The number of anilines is 2. The number of carbonyl (C=O) groups excluding carboxylic acids is 3. The lowest BCUT2D eigenvalue weighted by Gasteiger charge is -2.29. The van der Waals surface area contributed by atoms with E-state index in [1.165, 1.54) is 19.2 Å². The van der Waals surface area contributed by atoms with Gasteiger partial charge in [0.2, 0.25) is 5.91 Å². The Balaban J connectivity index is 2.10. The minimum absolute atomic E-state index is 0.177. The number of urea groups is 1. The number of rotatable bonds is 6. The zero-order valence-electron chi connectivity index (χ0n) is 16.8. The van der Waals surface area contributed by atoms with Crippen molar-refractivity contribution in [2.24, 2.45) is 5.92 Å². The summed E-state index contributed by atoms with van der Waals surface area (Å²) >= 11 is 4.28. The maximum Gasteiger partial charge on any atom is 0.337 e. The van der Waals surface area contributed by atoms with E-state index in [4.69, 9.17) is 0 Å². The summed E-state index contributed by atoms with van der Waals surface area (Å²) in [4.78, 5) is 36.9. The molecule has 154 valence electrons. The second kappa shape index (κ2) is 9.97. The van der Waals surface area contributed by atoms with E-state index in [9.17, 15) is 14.4 Å². The van der Waals surface area contributed by atoms with Gasteiger partial charge >= 0.3 is 12.0 Å². The van der Waals surface area contributed by atoms with E-state index in [-0.39, 0.29) is 11.8 Å². The molecule has 2 rings (SSSR count). The van der Waals surface area contributed by atoms with Crippen molar-refractivity contribution in [1.29, 1.82) is 0 Å². The Morgan fingerprint density at radius 2 is 1.62 bits per heavy atom. The molecule has 0 heterocycles. The quantitative estimate of drug-likeness (QED) is 0.489. The van der Waals surface area contributed by atoms with Gasteiger partial charge in [-0.15, -0.1) is 0 Å². The fraction of sp³-hybridized carbons (Fsp3) is 0.286. The fourth-order valence-corrected chi connectivity index (χ4v) is 3.15. The van der Waals surface area contributed by atoms with Crippen LogP contribution in [0.1, 0.15) is 29.8 Å². The monoisotopic (exact) mass is 415 g/mol. The summed E-state index contributed by atoms with van der Waals surface area (Å²) in [6, 6.07) is 12.3. The number of nitrogens with one attached hydrogen (secondary N) is 2. The molecule has 2 N–H and O–H groups in total. The van der Waals surface area contributed by atoms with E-state index in [2.05, 4.69) is 28.2 Å². The Morgan fingerprint density at radius 3 is 2.17 bits per heavy atom. The highest BCUT2D eigenvalue weighted by Crippen LogP contribution is 2.20. The van der Waals surface area contributed by atoms with E-state index in [0.29, 0.717) is 16.9 Å². The fourth-order valence-electron chi connectivity index (χ4n) is 2.73. The van der Waals surface area contributed by atoms with Crippen molar-refractivity contribution < 1.29 is 19.1 Å². The molecule has 0 bridgehead atoms. The highest BCUT2D eigenvalue weighted by molar-refractivity contribution is 7.78. The van der Waals surface area contributed by atoms with Crippen molar-refractivity contribution in [2.75, 3.05) is 17.7 Å². The lowest BCUT2D eigenvalue weighted by molar-refractivity contribution is -0.120. The third-order valence-electron chi connectivity index (χ3n) is 4.33. The van der Waals surface area contributed by atoms with Crippen LogP contribution in [0.4, 0.5) is 16.2 Å². The van der Waals surface area contributed by atoms with Crippen LogP contribution in [-0.2, 0) is 9.53 Å². The number of hydrogen-bond acceptors (Lipinski definition) is 5. The first-order valence-electron chi connectivity index (χ1n) is 9.08. The van der Waals surface area contributed by atoms with E-state index >= 15 is 0 Å². The molecule has 7 nitrogen and oxygen atoms in total. The average Bonchev–Trinajstić information content (AvgIpc) is 2.69. The normalized spacial score (nSPS) is 11.5. The molecule has 0 aliphatic rings. The lowest BCUT2D eigenvalue weighted by atomic mass is 10.0. The molecular formula is C21H25N3O4S. The summed E-state index contributed by atoms with van der Waals surface area (Å²) in [7, 11) is 1.30. The Morgan fingerprint density at radius 1 is 1.00 bits per heavy atom. The maximum atomic E-state index is 12.8. The molecular weight excluding hydrogens is 390 g/mol. The highest BCUT2D eigenvalue weighted by atomic mass is 32.1. The number of esters is 1. The predicted molar refractivity (Wildman–Crippen MR) is 116 cm³/mol. The number of thiol groups is 1. The summed E-state index contributed by atoms with van der Waals surface area (Å²) in [6.07, 6.45) is 0. The number of hydrogen-bond donors (Lipinski definition) is 3. The second-order valence-corrected chi connectivity index (χ2v) is 7.27. The number of benzene rings is 2. The van der Waals surface area contributed by atoms with Crippen molar-refractivity contribution >= 4 is 42.1 Å². The highest BCUT2D eigenvalue weighted by Gasteiger charge is 2.31. The Bertz CT molecular complexity index is 884. The predicted octanol–water partition coefficient (Wildman–Crippen LogP) is 4.12. The number of methoxy groups -OCH3 is 1. The minimum Gasteiger partial charge on any atom is -0.465 e. The largest absolute Gasteiger partial charge is 0.465 e. The topological polar surface area (TPSA) is 87.7 Å². The molecule has 1 atom stereocenters. The zero-order valence-corrected chi connectivity index (χ0v) is 17.7. The summed E-state index contributed by atoms with van der Waals surface area (Å²) in [6.45, 7) is 5.57. The summed E-state index contributed by atoms with van der Waals surface area (Å²) in [5, 5.41) is 5.53. The second-order valence-electron chi connectivity index (χ2n) is 6.84. The Kier molecular flexibility index (Phi) is 7.67. The molecule has 0 spiro atoms. The van der Waals surface area contributed by atoms with E-state index < -0.39 is 18.0 Å². The van der Waals surface area contributed by atoms with Crippen molar-refractivity contribution in [1.82, 2.24) is 4.31 Å². The number of aryl methyl sites for hydroxylation is 1. The van der Waals surface area contributed by atoms with Crippen LogP contribution in [0.15, 0.2) is 48.5 Å². The van der Waals surface area contributed by atoms with Gasteiger partial charge in [-0.3, -0.25) is 9.10 Å². The van der Waals surface area contributed by atoms with Crippen molar-refractivity contribution in [3.63, 3.8) is 0 Å². The van der Waals surface area contributed by atoms with E-state index in [1.807, 2.05) is 39.0 Å². The molecule has 0 aliphatic carbocycles. The molecule has 0 fully saturated rings. The molecule has 8 heteroatoms. The number of ether oxygens (including phenoxy) is 1. The van der Waals surface area contributed by atoms with Crippen LogP contribution in [0.3, 0.4) is 0 Å². The molecule has 0 radical (unpaired) electrons. The molecule has 0 aliphatic heterocycles. The van der Waals surface area contributed by atoms with Crippen molar-refractivity contribution in [2.45, 2.75) is 26.8 Å². The Hall–Kier alpha value is -3.00. The minimum atomic E-state index is -0.799. The molecule has 29 heavy (non-hydrogen) atoms. The third-order valence-corrected chi connectivity index (χ3v) is 4.76. The average molecular weight is 416 g/mol. The molecule has 2 aromatic carbocycles. The summed E-state index contributed by atoms with van der Waals surface area (Å²) < 4.78 is 5.72. The van der Waals surface area contributed by atoms with Crippen LogP contribution >= 0.6 is 12.8 Å². The number of para-hydroxylation sites is 1. The Labute approximate surface area is 176 Å². The van der Waals surface area contributed by atoms with Gasteiger partial charge in [0.15, 0.2) is 0 Å². The van der Waals surface area contributed by atoms with Gasteiger partial charge in [-0.05, 0) is 48.7 Å². The van der Waals surface area contributed by atoms with Gasteiger partial charge in [0, 0.05) is 11.4 Å². The number of nitrogens with zero attached hydrogens (tertiary/aromatic N) is 1. The van der Waals surface area contributed by atoms with Crippen LogP contribution in [0.5, 0.6) is 0 Å².